The molecule has 0 radical (unpaired) electrons. The summed E-state index contributed by atoms with van der Waals surface area (Å²) in [5, 5.41) is 5.93. The number of benzene rings is 1. The molecule has 3 heteroatoms. The van der Waals surface area contributed by atoms with Crippen LogP contribution in [-0.2, 0) is 6.42 Å². The second kappa shape index (κ2) is 7.93. The summed E-state index contributed by atoms with van der Waals surface area (Å²) >= 11 is 0. The lowest BCUT2D eigenvalue weighted by atomic mass is 9.87. The molecule has 2 amide bonds. The number of hydrogen-bond donors (Lipinski definition) is 2. The van der Waals surface area contributed by atoms with E-state index in [0.717, 1.165) is 31.0 Å². The Hall–Kier alpha value is -1.51. The number of amides is 2. The first-order valence-corrected chi connectivity index (χ1v) is 7.92. The Morgan fingerprint density at radius 3 is 2.70 bits per heavy atom. The fraction of sp³-hybridized carbons (Fsp3) is 0.588. The van der Waals surface area contributed by atoms with E-state index in [-0.39, 0.29) is 6.03 Å². The largest absolute Gasteiger partial charge is 0.338 e. The highest BCUT2D eigenvalue weighted by atomic mass is 16.2. The average Bonchev–Trinajstić information content (AvgIpc) is 2.49. The zero-order valence-corrected chi connectivity index (χ0v) is 12.5. The van der Waals surface area contributed by atoms with E-state index in [1.807, 2.05) is 18.2 Å². The van der Waals surface area contributed by atoms with Crippen molar-refractivity contribution < 1.29 is 4.79 Å². The normalized spacial score (nSPS) is 15.8. The van der Waals surface area contributed by atoms with Crippen LogP contribution in [-0.4, -0.2) is 12.6 Å². The molecule has 1 saturated carbocycles. The lowest BCUT2D eigenvalue weighted by molar-refractivity contribution is 0.250. The molecule has 1 aromatic rings. The van der Waals surface area contributed by atoms with Crippen LogP contribution in [0.3, 0.4) is 0 Å². The van der Waals surface area contributed by atoms with Crippen LogP contribution >= 0.6 is 0 Å². The molecule has 0 atom stereocenters. The molecule has 1 aliphatic carbocycles. The predicted octanol–water partition coefficient (Wildman–Crippen LogP) is 4.34. The summed E-state index contributed by atoms with van der Waals surface area (Å²) in [5.74, 6) is 0.812. The minimum absolute atomic E-state index is 0.0818. The molecule has 1 fully saturated rings. The van der Waals surface area contributed by atoms with Gasteiger partial charge in [-0.2, -0.15) is 0 Å². The van der Waals surface area contributed by atoms with Crippen molar-refractivity contribution in [3.8, 4) is 0 Å². The van der Waals surface area contributed by atoms with Crippen LogP contribution in [0, 0.1) is 5.92 Å². The van der Waals surface area contributed by atoms with Gasteiger partial charge in [-0.15, -0.1) is 0 Å². The third kappa shape index (κ3) is 4.55. The van der Waals surface area contributed by atoms with Crippen LogP contribution in [0.15, 0.2) is 24.3 Å². The van der Waals surface area contributed by atoms with E-state index in [1.54, 1.807) is 0 Å². The molecule has 1 aromatic carbocycles. The molecule has 0 bridgehead atoms. The second-order valence-electron chi connectivity index (χ2n) is 5.68. The van der Waals surface area contributed by atoms with Crippen molar-refractivity contribution in [1.82, 2.24) is 5.32 Å². The maximum absolute atomic E-state index is 11.9. The van der Waals surface area contributed by atoms with Crippen molar-refractivity contribution in [2.75, 3.05) is 11.9 Å². The first-order valence-electron chi connectivity index (χ1n) is 7.92. The molecule has 1 aliphatic rings. The molecule has 110 valence electrons. The summed E-state index contributed by atoms with van der Waals surface area (Å²) in [6.07, 6.45) is 8.82. The third-order valence-electron chi connectivity index (χ3n) is 4.21. The lowest BCUT2D eigenvalue weighted by Crippen LogP contribution is -2.31. The summed E-state index contributed by atoms with van der Waals surface area (Å²) in [5.41, 5.74) is 2.10. The standard InChI is InChI=1S/C17H26N2O/c1-2-15-10-6-7-11-16(15)19-17(20)18-13-12-14-8-4-3-5-9-14/h6-7,10-11,14H,2-5,8-9,12-13H2,1H3,(H2,18,19,20). The molecule has 2 rings (SSSR count). The predicted molar refractivity (Wildman–Crippen MR) is 84.0 cm³/mol. The van der Waals surface area contributed by atoms with Crippen LogP contribution in [0.5, 0.6) is 0 Å². The van der Waals surface area contributed by atoms with Crippen LogP contribution in [0.4, 0.5) is 10.5 Å². The Kier molecular flexibility index (Phi) is 5.90. The van der Waals surface area contributed by atoms with Gasteiger partial charge in [0.2, 0.25) is 0 Å². The summed E-state index contributed by atoms with van der Waals surface area (Å²) < 4.78 is 0. The van der Waals surface area contributed by atoms with Gasteiger partial charge in [0.05, 0.1) is 0 Å². The third-order valence-corrected chi connectivity index (χ3v) is 4.21. The molecule has 0 spiro atoms. The number of anilines is 1. The van der Waals surface area contributed by atoms with Crippen molar-refractivity contribution >= 4 is 11.7 Å². The van der Waals surface area contributed by atoms with E-state index in [4.69, 9.17) is 0 Å². The molecular weight excluding hydrogens is 248 g/mol. The van der Waals surface area contributed by atoms with Gasteiger partial charge in [-0.25, -0.2) is 4.79 Å². The van der Waals surface area contributed by atoms with Gasteiger partial charge in [0.25, 0.3) is 0 Å². The maximum atomic E-state index is 11.9. The number of carbonyl (C=O) groups excluding carboxylic acids is 1. The highest BCUT2D eigenvalue weighted by molar-refractivity contribution is 5.90. The SMILES string of the molecule is CCc1ccccc1NC(=O)NCCC1CCCCC1. The summed E-state index contributed by atoms with van der Waals surface area (Å²) in [6, 6.07) is 7.89. The molecule has 0 unspecified atom stereocenters. The van der Waals surface area contributed by atoms with E-state index in [0.29, 0.717) is 0 Å². The van der Waals surface area contributed by atoms with E-state index in [1.165, 1.54) is 37.7 Å². The Morgan fingerprint density at radius 1 is 1.20 bits per heavy atom. The average molecular weight is 274 g/mol. The van der Waals surface area contributed by atoms with Gasteiger partial charge in [0.1, 0.15) is 0 Å². The summed E-state index contributed by atoms with van der Waals surface area (Å²) in [4.78, 5) is 11.9. The minimum Gasteiger partial charge on any atom is -0.338 e. The number of urea groups is 1. The van der Waals surface area contributed by atoms with Crippen molar-refractivity contribution in [3.63, 3.8) is 0 Å². The number of hydrogen-bond acceptors (Lipinski definition) is 1. The van der Waals surface area contributed by atoms with Crippen molar-refractivity contribution in [2.24, 2.45) is 5.92 Å². The van der Waals surface area contributed by atoms with Crippen molar-refractivity contribution in [3.05, 3.63) is 29.8 Å². The summed E-state index contributed by atoms with van der Waals surface area (Å²) in [6.45, 7) is 2.88. The van der Waals surface area contributed by atoms with E-state index in [2.05, 4.69) is 23.6 Å². The van der Waals surface area contributed by atoms with E-state index >= 15 is 0 Å². The highest BCUT2D eigenvalue weighted by Gasteiger charge is 2.13. The Balaban J connectivity index is 1.72. The van der Waals surface area contributed by atoms with Gasteiger partial charge in [0, 0.05) is 12.2 Å². The molecule has 3 nitrogen and oxygen atoms in total. The number of rotatable bonds is 5. The number of aryl methyl sites for hydroxylation is 1. The zero-order valence-electron chi connectivity index (χ0n) is 12.5. The Morgan fingerprint density at radius 2 is 1.95 bits per heavy atom. The van der Waals surface area contributed by atoms with Crippen molar-refractivity contribution in [2.45, 2.75) is 51.9 Å². The van der Waals surface area contributed by atoms with Crippen molar-refractivity contribution in [1.29, 1.82) is 0 Å². The van der Waals surface area contributed by atoms with E-state index in [9.17, 15) is 4.79 Å². The smallest absolute Gasteiger partial charge is 0.319 e. The van der Waals surface area contributed by atoms with Crippen LogP contribution in [0.2, 0.25) is 0 Å². The fourth-order valence-electron chi connectivity index (χ4n) is 2.98. The first kappa shape index (κ1) is 14.9. The zero-order chi connectivity index (χ0) is 14.2. The van der Waals surface area contributed by atoms with Gasteiger partial charge in [-0.05, 0) is 30.4 Å². The van der Waals surface area contributed by atoms with Gasteiger partial charge in [-0.1, -0.05) is 57.2 Å². The fourth-order valence-corrected chi connectivity index (χ4v) is 2.98. The van der Waals surface area contributed by atoms with E-state index < -0.39 is 0 Å². The van der Waals surface area contributed by atoms with Crippen LogP contribution < -0.4 is 10.6 Å². The molecule has 0 saturated heterocycles. The highest BCUT2D eigenvalue weighted by Crippen LogP contribution is 2.25. The maximum Gasteiger partial charge on any atom is 0.319 e. The van der Waals surface area contributed by atoms with Gasteiger partial charge in [0.15, 0.2) is 0 Å². The quantitative estimate of drug-likeness (QED) is 0.824. The Labute approximate surface area is 122 Å². The molecule has 2 N–H and O–H groups in total. The molecule has 0 heterocycles. The first-order chi connectivity index (χ1) is 9.79. The lowest BCUT2D eigenvalue weighted by Gasteiger charge is -2.21. The van der Waals surface area contributed by atoms with Crippen LogP contribution in [0.1, 0.15) is 51.0 Å². The molecule has 0 aromatic heterocycles. The summed E-state index contributed by atoms with van der Waals surface area (Å²) in [7, 11) is 0. The number of para-hydroxylation sites is 1. The minimum atomic E-state index is -0.0818. The van der Waals surface area contributed by atoms with Gasteiger partial charge < -0.3 is 10.6 Å². The van der Waals surface area contributed by atoms with Gasteiger partial charge >= 0.3 is 6.03 Å². The second-order valence-corrected chi connectivity index (χ2v) is 5.68. The van der Waals surface area contributed by atoms with Gasteiger partial charge in [-0.3, -0.25) is 0 Å². The Bertz CT molecular complexity index is 425. The topological polar surface area (TPSA) is 41.1 Å². The molecule has 20 heavy (non-hydrogen) atoms. The molecule has 0 aliphatic heterocycles. The number of nitrogens with one attached hydrogen (secondary N) is 2. The number of carbonyl (C=O) groups is 1. The molecular formula is C17H26N2O. The monoisotopic (exact) mass is 274 g/mol. The van der Waals surface area contributed by atoms with Crippen LogP contribution in [0.25, 0.3) is 0 Å².